The van der Waals surface area contributed by atoms with Crippen LogP contribution in [0.15, 0.2) is 29.3 Å². The van der Waals surface area contributed by atoms with Crippen LogP contribution in [0.2, 0.25) is 0 Å². The van der Waals surface area contributed by atoms with Gasteiger partial charge in [0.1, 0.15) is 5.75 Å². The number of nitrogens with zero attached hydrogens (tertiary/aromatic N) is 2. The highest BCUT2D eigenvalue weighted by Gasteiger charge is 2.34. The quantitative estimate of drug-likeness (QED) is 0.626. The van der Waals surface area contributed by atoms with Crippen LogP contribution >= 0.6 is 0 Å². The van der Waals surface area contributed by atoms with Crippen molar-refractivity contribution in [3.05, 3.63) is 24.3 Å². The van der Waals surface area contributed by atoms with Gasteiger partial charge in [-0.25, -0.2) is 0 Å². The van der Waals surface area contributed by atoms with Crippen LogP contribution in [-0.4, -0.2) is 45.2 Å². The van der Waals surface area contributed by atoms with Gasteiger partial charge < -0.3 is 20.7 Å². The number of benzene rings is 1. The molecule has 0 unspecified atom stereocenters. The Balaban J connectivity index is 1.95. The van der Waals surface area contributed by atoms with E-state index in [-0.39, 0.29) is 5.41 Å². The van der Waals surface area contributed by atoms with E-state index in [1.54, 1.807) is 7.11 Å². The molecule has 122 valence electrons. The first-order chi connectivity index (χ1) is 10.5. The third kappa shape index (κ3) is 4.63. The van der Waals surface area contributed by atoms with E-state index in [9.17, 15) is 0 Å². The van der Waals surface area contributed by atoms with Gasteiger partial charge >= 0.3 is 0 Å². The lowest BCUT2D eigenvalue weighted by Gasteiger charge is -2.30. The van der Waals surface area contributed by atoms with Gasteiger partial charge in [0.15, 0.2) is 5.96 Å². The zero-order valence-corrected chi connectivity index (χ0v) is 13.9. The van der Waals surface area contributed by atoms with Crippen molar-refractivity contribution in [2.45, 2.75) is 25.7 Å². The fourth-order valence-corrected chi connectivity index (χ4v) is 3.28. The molecule has 0 aliphatic heterocycles. The maximum Gasteiger partial charge on any atom is 0.193 e. The van der Waals surface area contributed by atoms with E-state index in [4.69, 9.17) is 10.5 Å². The summed E-state index contributed by atoms with van der Waals surface area (Å²) in [7, 11) is 5.91. The van der Waals surface area contributed by atoms with Gasteiger partial charge in [0.05, 0.1) is 7.11 Å². The molecule has 0 saturated heterocycles. The molecule has 0 bridgehead atoms. The van der Waals surface area contributed by atoms with Gasteiger partial charge in [0, 0.05) is 24.2 Å². The molecule has 5 heteroatoms. The molecule has 1 aromatic rings. The molecule has 0 heterocycles. The van der Waals surface area contributed by atoms with Crippen molar-refractivity contribution >= 4 is 11.6 Å². The summed E-state index contributed by atoms with van der Waals surface area (Å²) < 4.78 is 5.15. The minimum Gasteiger partial charge on any atom is -0.497 e. The Kier molecular flexibility index (Phi) is 5.66. The Morgan fingerprint density at radius 2 is 1.91 bits per heavy atom. The topological polar surface area (TPSA) is 62.9 Å². The molecule has 1 aliphatic rings. The fraction of sp³-hybridized carbons (Fsp3) is 0.588. The first kappa shape index (κ1) is 16.6. The van der Waals surface area contributed by atoms with Gasteiger partial charge in [0.2, 0.25) is 0 Å². The van der Waals surface area contributed by atoms with Crippen molar-refractivity contribution in [2.75, 3.05) is 39.6 Å². The van der Waals surface area contributed by atoms with Crippen LogP contribution in [0.3, 0.4) is 0 Å². The van der Waals surface area contributed by atoms with Crippen molar-refractivity contribution in [3.8, 4) is 5.75 Å². The van der Waals surface area contributed by atoms with Gasteiger partial charge in [-0.2, -0.15) is 0 Å². The van der Waals surface area contributed by atoms with E-state index in [0.29, 0.717) is 5.96 Å². The largest absolute Gasteiger partial charge is 0.497 e. The number of aliphatic imine (C=N–C) groups is 1. The number of hydrogen-bond donors (Lipinski definition) is 2. The fourth-order valence-electron chi connectivity index (χ4n) is 3.28. The number of rotatable bonds is 6. The highest BCUT2D eigenvalue weighted by molar-refractivity contribution is 5.92. The van der Waals surface area contributed by atoms with E-state index in [2.05, 4.69) is 29.3 Å². The van der Waals surface area contributed by atoms with E-state index in [0.717, 1.165) is 24.5 Å². The third-order valence-corrected chi connectivity index (χ3v) is 4.26. The summed E-state index contributed by atoms with van der Waals surface area (Å²) >= 11 is 0. The standard InChI is InChI=1S/C17H28N4O/c1-21(2)13-17(10-4-5-11-17)12-19-16(18)20-14-6-8-15(22-3)9-7-14/h6-9H,4-5,10-13H2,1-3H3,(H3,18,19,20). The Bertz CT molecular complexity index is 490. The lowest BCUT2D eigenvalue weighted by Crippen LogP contribution is -2.35. The maximum absolute atomic E-state index is 6.04. The van der Waals surface area contributed by atoms with Crippen LogP contribution in [0.4, 0.5) is 5.69 Å². The second-order valence-corrected chi connectivity index (χ2v) is 6.50. The van der Waals surface area contributed by atoms with Crippen molar-refractivity contribution < 1.29 is 4.74 Å². The molecule has 1 aliphatic carbocycles. The lowest BCUT2D eigenvalue weighted by atomic mass is 9.86. The molecule has 0 amide bonds. The van der Waals surface area contributed by atoms with Gasteiger partial charge in [-0.15, -0.1) is 0 Å². The molecule has 0 aromatic heterocycles. The number of ether oxygens (including phenoxy) is 1. The highest BCUT2D eigenvalue weighted by Crippen LogP contribution is 2.38. The number of hydrogen-bond acceptors (Lipinski definition) is 3. The summed E-state index contributed by atoms with van der Waals surface area (Å²) in [6.45, 7) is 1.87. The van der Waals surface area contributed by atoms with Crippen molar-refractivity contribution in [2.24, 2.45) is 16.1 Å². The number of nitrogens with two attached hydrogens (primary N) is 1. The van der Waals surface area contributed by atoms with Crippen LogP contribution in [0, 0.1) is 5.41 Å². The van der Waals surface area contributed by atoms with Crippen LogP contribution < -0.4 is 15.8 Å². The average Bonchev–Trinajstić information content (AvgIpc) is 2.94. The highest BCUT2D eigenvalue weighted by atomic mass is 16.5. The summed E-state index contributed by atoms with van der Waals surface area (Å²) in [5.41, 5.74) is 7.25. The Morgan fingerprint density at radius 3 is 2.45 bits per heavy atom. The maximum atomic E-state index is 6.04. The normalized spacial score (nSPS) is 17.7. The molecule has 0 spiro atoms. The molecule has 0 radical (unpaired) electrons. The number of nitrogens with one attached hydrogen (secondary N) is 1. The van der Waals surface area contributed by atoms with Crippen molar-refractivity contribution in [3.63, 3.8) is 0 Å². The molecule has 1 fully saturated rings. The molecular weight excluding hydrogens is 276 g/mol. The molecule has 22 heavy (non-hydrogen) atoms. The molecule has 5 nitrogen and oxygen atoms in total. The zero-order chi connectivity index (χ0) is 16.0. The number of anilines is 1. The first-order valence-electron chi connectivity index (χ1n) is 7.89. The second-order valence-electron chi connectivity index (χ2n) is 6.50. The summed E-state index contributed by atoms with van der Waals surface area (Å²) in [4.78, 5) is 6.85. The minimum absolute atomic E-state index is 0.287. The van der Waals surface area contributed by atoms with Crippen LogP contribution in [0.25, 0.3) is 0 Å². The molecule has 2 rings (SSSR count). The SMILES string of the molecule is COc1ccc(NC(N)=NCC2(CN(C)C)CCCC2)cc1. The molecule has 1 saturated carbocycles. The van der Waals surface area contributed by atoms with Crippen LogP contribution in [-0.2, 0) is 0 Å². The average molecular weight is 304 g/mol. The minimum atomic E-state index is 0.287. The Hall–Kier alpha value is -1.75. The monoisotopic (exact) mass is 304 g/mol. The summed E-state index contributed by atoms with van der Waals surface area (Å²) in [6, 6.07) is 7.68. The number of methoxy groups -OCH3 is 1. The zero-order valence-electron chi connectivity index (χ0n) is 13.9. The number of guanidine groups is 1. The van der Waals surface area contributed by atoms with E-state index >= 15 is 0 Å². The van der Waals surface area contributed by atoms with Crippen LogP contribution in [0.5, 0.6) is 5.75 Å². The van der Waals surface area contributed by atoms with Crippen molar-refractivity contribution in [1.82, 2.24) is 4.90 Å². The van der Waals surface area contributed by atoms with E-state index in [1.165, 1.54) is 25.7 Å². The van der Waals surface area contributed by atoms with Gasteiger partial charge in [-0.1, -0.05) is 12.8 Å². The predicted octanol–water partition coefficient (Wildman–Crippen LogP) is 2.54. The third-order valence-electron chi connectivity index (χ3n) is 4.26. The summed E-state index contributed by atoms with van der Waals surface area (Å²) in [5, 5.41) is 3.15. The van der Waals surface area contributed by atoms with Crippen LogP contribution in [0.1, 0.15) is 25.7 Å². The Labute approximate surface area is 133 Å². The summed E-state index contributed by atoms with van der Waals surface area (Å²) in [5.74, 6) is 1.31. The summed E-state index contributed by atoms with van der Waals surface area (Å²) in [6.07, 6.45) is 5.08. The van der Waals surface area contributed by atoms with E-state index < -0.39 is 0 Å². The van der Waals surface area contributed by atoms with Gasteiger partial charge in [-0.05, 0) is 51.2 Å². The lowest BCUT2D eigenvalue weighted by molar-refractivity contribution is 0.210. The molecule has 1 aromatic carbocycles. The van der Waals surface area contributed by atoms with Crippen molar-refractivity contribution in [1.29, 1.82) is 0 Å². The molecular formula is C17H28N4O. The molecule has 3 N–H and O–H groups in total. The van der Waals surface area contributed by atoms with Gasteiger partial charge in [-0.3, -0.25) is 4.99 Å². The Morgan fingerprint density at radius 1 is 1.27 bits per heavy atom. The first-order valence-corrected chi connectivity index (χ1v) is 7.89. The molecule has 0 atom stereocenters. The smallest absolute Gasteiger partial charge is 0.193 e. The van der Waals surface area contributed by atoms with E-state index in [1.807, 2.05) is 24.3 Å². The predicted molar refractivity (Wildman–Crippen MR) is 92.6 cm³/mol. The second kappa shape index (κ2) is 7.49. The van der Waals surface area contributed by atoms with Gasteiger partial charge in [0.25, 0.3) is 0 Å².